The molecule has 0 bridgehead atoms. The Hall–Kier alpha value is -0.990. The molecule has 0 aromatic carbocycles. The van der Waals surface area contributed by atoms with Gasteiger partial charge in [0.1, 0.15) is 5.76 Å². The molecule has 11 heavy (non-hydrogen) atoms. The first-order chi connectivity index (χ1) is 5.00. The van der Waals surface area contributed by atoms with Crippen molar-refractivity contribution in [2.45, 2.75) is 20.8 Å². The fourth-order valence-electron chi connectivity index (χ4n) is 0.864. The van der Waals surface area contributed by atoms with Crippen LogP contribution in [0.5, 0.6) is 0 Å². The van der Waals surface area contributed by atoms with E-state index in [9.17, 15) is 4.79 Å². The van der Waals surface area contributed by atoms with Crippen molar-refractivity contribution in [1.29, 1.82) is 0 Å². The highest BCUT2D eigenvalue weighted by Gasteiger charge is 2.23. The van der Waals surface area contributed by atoms with Crippen LogP contribution in [0, 0.1) is 5.41 Å². The molecule has 1 N–H and O–H groups in total. The minimum Gasteiger partial charge on any atom is -0.415 e. The molecule has 0 radical (unpaired) electrons. The van der Waals surface area contributed by atoms with Crippen molar-refractivity contribution in [3.05, 3.63) is 11.8 Å². The third-order valence-corrected chi connectivity index (χ3v) is 1.48. The number of carbonyl (C=O) groups is 1. The van der Waals surface area contributed by atoms with Crippen LogP contribution in [0.4, 0.5) is 4.79 Å². The topological polar surface area (TPSA) is 38.3 Å². The fraction of sp³-hybridized carbons (Fsp3) is 0.625. The summed E-state index contributed by atoms with van der Waals surface area (Å²) in [5.74, 6) is 0.751. The van der Waals surface area contributed by atoms with Crippen LogP contribution in [0.1, 0.15) is 20.8 Å². The molecule has 0 saturated heterocycles. The van der Waals surface area contributed by atoms with Crippen molar-refractivity contribution in [2.24, 2.45) is 5.41 Å². The molecular weight excluding hydrogens is 142 g/mol. The molecule has 0 unspecified atom stereocenters. The van der Waals surface area contributed by atoms with Crippen LogP contribution in [0.2, 0.25) is 0 Å². The zero-order valence-electron chi connectivity index (χ0n) is 7.10. The summed E-state index contributed by atoms with van der Waals surface area (Å²) in [5, 5.41) is 2.55. The van der Waals surface area contributed by atoms with Crippen LogP contribution < -0.4 is 5.32 Å². The van der Waals surface area contributed by atoms with E-state index in [0.29, 0.717) is 6.54 Å². The Labute approximate surface area is 66.4 Å². The highest BCUT2D eigenvalue weighted by Crippen LogP contribution is 2.26. The third kappa shape index (κ3) is 1.97. The van der Waals surface area contributed by atoms with Crippen molar-refractivity contribution in [3.8, 4) is 0 Å². The molecule has 1 aliphatic rings. The summed E-state index contributed by atoms with van der Waals surface area (Å²) >= 11 is 0. The lowest BCUT2D eigenvalue weighted by Gasteiger charge is -2.24. The second-order valence-corrected chi connectivity index (χ2v) is 3.59. The van der Waals surface area contributed by atoms with Crippen LogP contribution in [0.25, 0.3) is 0 Å². The smallest absolute Gasteiger partial charge is 0.412 e. The molecule has 0 spiro atoms. The SMILES string of the molecule is CC(C)(C)C1=CCNC(=O)O1. The average molecular weight is 155 g/mol. The van der Waals surface area contributed by atoms with Gasteiger partial charge in [0.05, 0.1) is 0 Å². The van der Waals surface area contributed by atoms with Gasteiger partial charge in [0, 0.05) is 12.0 Å². The second-order valence-electron chi connectivity index (χ2n) is 3.59. The van der Waals surface area contributed by atoms with Gasteiger partial charge in [-0.2, -0.15) is 0 Å². The maximum absolute atomic E-state index is 10.7. The zero-order chi connectivity index (χ0) is 8.48. The van der Waals surface area contributed by atoms with E-state index in [4.69, 9.17) is 4.74 Å². The number of hydrogen-bond acceptors (Lipinski definition) is 2. The minimum absolute atomic E-state index is 0.0717. The van der Waals surface area contributed by atoms with E-state index in [2.05, 4.69) is 5.32 Å². The van der Waals surface area contributed by atoms with Crippen molar-refractivity contribution < 1.29 is 9.53 Å². The van der Waals surface area contributed by atoms with Crippen molar-refractivity contribution in [3.63, 3.8) is 0 Å². The fourth-order valence-corrected chi connectivity index (χ4v) is 0.864. The summed E-state index contributed by atoms with van der Waals surface area (Å²) < 4.78 is 4.96. The molecule has 0 aromatic rings. The molecule has 0 atom stereocenters. The van der Waals surface area contributed by atoms with E-state index in [1.165, 1.54) is 0 Å². The van der Waals surface area contributed by atoms with Crippen LogP contribution in [-0.4, -0.2) is 12.6 Å². The highest BCUT2D eigenvalue weighted by molar-refractivity contribution is 5.69. The number of carbonyl (C=O) groups excluding carboxylic acids is 1. The first-order valence-corrected chi connectivity index (χ1v) is 3.66. The van der Waals surface area contributed by atoms with E-state index < -0.39 is 0 Å². The van der Waals surface area contributed by atoms with Gasteiger partial charge in [0.15, 0.2) is 0 Å². The Morgan fingerprint density at radius 3 is 2.55 bits per heavy atom. The molecule has 3 nitrogen and oxygen atoms in total. The Morgan fingerprint density at radius 2 is 2.18 bits per heavy atom. The number of alkyl carbamates (subject to hydrolysis) is 1. The first-order valence-electron chi connectivity index (χ1n) is 3.66. The molecule has 0 saturated carbocycles. The van der Waals surface area contributed by atoms with Crippen molar-refractivity contribution in [2.75, 3.05) is 6.54 Å². The normalized spacial score (nSPS) is 18.5. The van der Waals surface area contributed by atoms with Crippen molar-refractivity contribution >= 4 is 6.09 Å². The Bertz CT molecular complexity index is 201. The van der Waals surface area contributed by atoms with Crippen LogP contribution in [0.15, 0.2) is 11.8 Å². The molecule has 1 amide bonds. The first kappa shape index (κ1) is 8.11. The third-order valence-electron chi connectivity index (χ3n) is 1.48. The number of ether oxygens (including phenoxy) is 1. The monoisotopic (exact) mass is 155 g/mol. The average Bonchev–Trinajstić information content (AvgIpc) is 1.86. The van der Waals surface area contributed by atoms with Gasteiger partial charge in [-0.05, 0) is 6.08 Å². The lowest BCUT2D eigenvalue weighted by Crippen LogP contribution is -2.32. The number of cyclic esters (lactones) is 1. The molecule has 1 heterocycles. The Balaban J connectivity index is 2.73. The van der Waals surface area contributed by atoms with E-state index in [0.717, 1.165) is 5.76 Å². The summed E-state index contributed by atoms with van der Waals surface area (Å²) in [7, 11) is 0. The highest BCUT2D eigenvalue weighted by atomic mass is 16.6. The standard InChI is InChI=1S/C8H13NO2/c1-8(2,3)6-4-5-9-7(10)11-6/h4H,5H2,1-3H3,(H,9,10). The number of allylic oxidation sites excluding steroid dienone is 1. The van der Waals surface area contributed by atoms with Gasteiger partial charge in [0.2, 0.25) is 0 Å². The van der Waals surface area contributed by atoms with Crippen molar-refractivity contribution in [1.82, 2.24) is 5.32 Å². The molecule has 0 fully saturated rings. The zero-order valence-corrected chi connectivity index (χ0v) is 7.10. The van der Waals surface area contributed by atoms with Gasteiger partial charge in [-0.15, -0.1) is 0 Å². The predicted octanol–water partition coefficient (Wildman–Crippen LogP) is 1.66. The van der Waals surface area contributed by atoms with Crippen LogP contribution >= 0.6 is 0 Å². The summed E-state index contributed by atoms with van der Waals surface area (Å²) in [6.07, 6.45) is 1.54. The lowest BCUT2D eigenvalue weighted by atomic mass is 9.93. The molecule has 0 aliphatic carbocycles. The molecule has 62 valence electrons. The molecular formula is C8H13NO2. The van der Waals surface area contributed by atoms with E-state index in [-0.39, 0.29) is 11.5 Å². The quantitative estimate of drug-likeness (QED) is 0.577. The van der Waals surface area contributed by atoms with E-state index >= 15 is 0 Å². The maximum Gasteiger partial charge on any atom is 0.412 e. The van der Waals surface area contributed by atoms with E-state index in [1.54, 1.807) is 0 Å². The van der Waals surface area contributed by atoms with Gasteiger partial charge >= 0.3 is 6.09 Å². The number of nitrogens with one attached hydrogen (secondary N) is 1. The van der Waals surface area contributed by atoms with E-state index in [1.807, 2.05) is 26.8 Å². The number of hydrogen-bond donors (Lipinski definition) is 1. The molecule has 3 heteroatoms. The predicted molar refractivity (Wildman–Crippen MR) is 42.0 cm³/mol. The summed E-state index contributed by atoms with van der Waals surface area (Å²) in [6.45, 7) is 6.61. The van der Waals surface area contributed by atoms with Gasteiger partial charge in [0.25, 0.3) is 0 Å². The minimum atomic E-state index is -0.350. The molecule has 1 aliphatic heterocycles. The van der Waals surface area contributed by atoms with Gasteiger partial charge in [-0.3, -0.25) is 0 Å². The Morgan fingerprint density at radius 1 is 1.55 bits per heavy atom. The summed E-state index contributed by atoms with van der Waals surface area (Å²) in [6, 6.07) is 0. The Kier molecular flexibility index (Phi) is 1.89. The second kappa shape index (κ2) is 2.57. The van der Waals surface area contributed by atoms with Crippen LogP contribution in [-0.2, 0) is 4.74 Å². The lowest BCUT2D eigenvalue weighted by molar-refractivity contribution is 0.148. The van der Waals surface area contributed by atoms with Crippen LogP contribution in [0.3, 0.4) is 0 Å². The molecule has 1 rings (SSSR count). The summed E-state index contributed by atoms with van der Waals surface area (Å²) in [4.78, 5) is 10.7. The van der Waals surface area contributed by atoms with Gasteiger partial charge in [-0.25, -0.2) is 4.79 Å². The van der Waals surface area contributed by atoms with Gasteiger partial charge < -0.3 is 10.1 Å². The van der Waals surface area contributed by atoms with Gasteiger partial charge in [-0.1, -0.05) is 20.8 Å². The largest absolute Gasteiger partial charge is 0.415 e. The number of amides is 1. The molecule has 0 aromatic heterocycles. The summed E-state index contributed by atoms with van der Waals surface area (Å²) in [5.41, 5.74) is -0.0717. The maximum atomic E-state index is 10.7. The number of rotatable bonds is 0.